The second-order valence-electron chi connectivity index (χ2n) is 9.25. The van der Waals surface area contributed by atoms with Crippen molar-refractivity contribution in [1.82, 2.24) is 4.90 Å². The first-order valence-electron chi connectivity index (χ1n) is 11.8. The van der Waals surface area contributed by atoms with Crippen LogP contribution in [0.15, 0.2) is 109 Å². The molecule has 4 aromatic carbocycles. The fraction of sp³-hybridized carbons (Fsp3) is 0.161. The number of amides is 2. The van der Waals surface area contributed by atoms with E-state index in [1.54, 1.807) is 0 Å². The van der Waals surface area contributed by atoms with E-state index in [0.717, 1.165) is 33.4 Å². The van der Waals surface area contributed by atoms with Crippen molar-refractivity contribution in [2.75, 3.05) is 0 Å². The summed E-state index contributed by atoms with van der Waals surface area (Å²) in [5.74, 6) is -0.939. The third kappa shape index (κ3) is 3.45. The number of imide groups is 1. The first-order valence-corrected chi connectivity index (χ1v) is 11.8. The zero-order valence-corrected chi connectivity index (χ0v) is 18.8. The van der Waals surface area contributed by atoms with Crippen LogP contribution in [0.1, 0.15) is 28.2 Å². The molecule has 3 unspecified atom stereocenters. The lowest BCUT2D eigenvalue weighted by Crippen LogP contribution is -2.33. The minimum absolute atomic E-state index is 0.0439. The van der Waals surface area contributed by atoms with Gasteiger partial charge < -0.3 is 0 Å². The monoisotopic (exact) mass is 443 g/mol. The minimum Gasteiger partial charge on any atom is -0.278 e. The van der Waals surface area contributed by atoms with Crippen molar-refractivity contribution in [3.05, 3.63) is 131 Å². The molecule has 0 saturated carbocycles. The molecule has 3 nitrogen and oxygen atoms in total. The summed E-state index contributed by atoms with van der Waals surface area (Å²) < 4.78 is 0. The van der Waals surface area contributed by atoms with Gasteiger partial charge >= 0.3 is 0 Å². The molecule has 3 heteroatoms. The maximum Gasteiger partial charge on any atom is 0.234 e. The molecule has 0 bridgehead atoms. The van der Waals surface area contributed by atoms with Gasteiger partial charge in [-0.1, -0.05) is 109 Å². The van der Waals surface area contributed by atoms with Gasteiger partial charge in [-0.15, -0.1) is 0 Å². The summed E-state index contributed by atoms with van der Waals surface area (Å²) in [5.41, 5.74) is 6.68. The molecule has 1 saturated heterocycles. The smallest absolute Gasteiger partial charge is 0.234 e. The summed E-state index contributed by atoms with van der Waals surface area (Å²) in [6, 6.07) is 36.8. The Kier molecular flexibility index (Phi) is 5.10. The van der Waals surface area contributed by atoms with Crippen molar-refractivity contribution in [2.45, 2.75) is 18.9 Å². The molecule has 1 aliphatic carbocycles. The molecule has 6 rings (SSSR count). The molecular formula is C31H25NO2. The van der Waals surface area contributed by atoms with Crippen LogP contribution in [0.25, 0.3) is 11.1 Å². The Morgan fingerprint density at radius 1 is 0.676 bits per heavy atom. The summed E-state index contributed by atoms with van der Waals surface area (Å²) in [5, 5.41) is 0. The van der Waals surface area contributed by atoms with Gasteiger partial charge in [0.1, 0.15) is 0 Å². The van der Waals surface area contributed by atoms with Crippen molar-refractivity contribution in [3.63, 3.8) is 0 Å². The highest BCUT2D eigenvalue weighted by Gasteiger charge is 2.54. The maximum atomic E-state index is 13.8. The highest BCUT2D eigenvalue weighted by molar-refractivity contribution is 6.06. The van der Waals surface area contributed by atoms with Crippen LogP contribution in [0.5, 0.6) is 0 Å². The van der Waals surface area contributed by atoms with Crippen molar-refractivity contribution < 1.29 is 9.59 Å². The number of hydrogen-bond acceptors (Lipinski definition) is 2. The molecule has 1 aliphatic heterocycles. The number of hydrogen-bond donors (Lipinski definition) is 0. The zero-order chi connectivity index (χ0) is 23.1. The third-order valence-electron chi connectivity index (χ3n) is 7.30. The lowest BCUT2D eigenvalue weighted by atomic mass is 9.67. The van der Waals surface area contributed by atoms with Gasteiger partial charge in [0.05, 0.1) is 18.4 Å². The van der Waals surface area contributed by atoms with Gasteiger partial charge in [-0.25, -0.2) is 0 Å². The van der Waals surface area contributed by atoms with E-state index in [-0.39, 0.29) is 29.6 Å². The molecule has 2 aliphatic rings. The van der Waals surface area contributed by atoms with E-state index in [0.29, 0.717) is 13.0 Å². The summed E-state index contributed by atoms with van der Waals surface area (Å²) >= 11 is 0. The van der Waals surface area contributed by atoms with E-state index >= 15 is 0 Å². The van der Waals surface area contributed by atoms with Crippen LogP contribution in [0.4, 0.5) is 0 Å². The average Bonchev–Trinajstić information content (AvgIpc) is 3.13. The Hall–Kier alpha value is -3.98. The SMILES string of the molecule is O=C1C2Cc3ccc(-c4ccccc4)cc3C(c3ccccc3)C2C(=O)N1Cc1ccccc1. The molecular weight excluding hydrogens is 418 g/mol. The number of likely N-dealkylation sites (tertiary alicyclic amines) is 1. The number of benzene rings is 4. The van der Waals surface area contributed by atoms with Crippen molar-refractivity contribution >= 4 is 11.8 Å². The van der Waals surface area contributed by atoms with Gasteiger partial charge in [0.25, 0.3) is 0 Å². The van der Waals surface area contributed by atoms with Gasteiger partial charge in [-0.3, -0.25) is 14.5 Å². The molecule has 0 radical (unpaired) electrons. The Labute approximate surface area is 199 Å². The van der Waals surface area contributed by atoms with Crippen molar-refractivity contribution in [2.24, 2.45) is 11.8 Å². The van der Waals surface area contributed by atoms with Crippen LogP contribution in [-0.4, -0.2) is 16.7 Å². The topological polar surface area (TPSA) is 37.4 Å². The minimum atomic E-state index is -0.378. The second-order valence-corrected chi connectivity index (χ2v) is 9.25. The van der Waals surface area contributed by atoms with E-state index < -0.39 is 0 Å². The normalized spacial score (nSPS) is 21.3. The maximum absolute atomic E-state index is 13.8. The second kappa shape index (κ2) is 8.42. The van der Waals surface area contributed by atoms with E-state index in [1.165, 1.54) is 4.90 Å². The van der Waals surface area contributed by atoms with Crippen LogP contribution < -0.4 is 0 Å². The Balaban J connectivity index is 1.45. The first-order chi connectivity index (χ1) is 16.7. The van der Waals surface area contributed by atoms with Crippen LogP contribution in [0, 0.1) is 11.8 Å². The number of nitrogens with zero attached hydrogens (tertiary/aromatic N) is 1. The standard InChI is InChI=1S/C31H25NO2/c33-30-27-19-25-17-16-24(22-12-6-2-7-13-22)18-26(25)28(23-14-8-3-9-15-23)29(27)31(34)32(30)20-21-10-4-1-5-11-21/h1-18,27-29H,19-20H2. The largest absolute Gasteiger partial charge is 0.278 e. The van der Waals surface area contributed by atoms with Gasteiger partial charge in [0.2, 0.25) is 11.8 Å². The molecule has 2 amide bonds. The van der Waals surface area contributed by atoms with Crippen molar-refractivity contribution in [1.29, 1.82) is 0 Å². The lowest BCUT2D eigenvalue weighted by Gasteiger charge is -2.34. The van der Waals surface area contributed by atoms with Gasteiger partial charge in [-0.05, 0) is 39.8 Å². The number of rotatable bonds is 4. The Morgan fingerprint density at radius 3 is 2.03 bits per heavy atom. The molecule has 34 heavy (non-hydrogen) atoms. The molecule has 0 N–H and O–H groups in total. The van der Waals surface area contributed by atoms with Gasteiger partial charge in [0.15, 0.2) is 0 Å². The quantitative estimate of drug-likeness (QED) is 0.372. The lowest BCUT2D eigenvalue weighted by molar-refractivity contribution is -0.140. The highest BCUT2D eigenvalue weighted by atomic mass is 16.2. The van der Waals surface area contributed by atoms with Crippen molar-refractivity contribution in [3.8, 4) is 11.1 Å². The fourth-order valence-corrected chi connectivity index (χ4v) is 5.68. The van der Waals surface area contributed by atoms with Gasteiger partial charge in [0, 0.05) is 5.92 Å². The van der Waals surface area contributed by atoms with E-state index in [9.17, 15) is 9.59 Å². The third-order valence-corrected chi connectivity index (χ3v) is 7.30. The summed E-state index contributed by atoms with van der Waals surface area (Å²) in [6.07, 6.45) is 0.605. The predicted molar refractivity (Wildman–Crippen MR) is 133 cm³/mol. The average molecular weight is 444 g/mol. The molecule has 1 heterocycles. The first kappa shape index (κ1) is 20.6. The van der Waals surface area contributed by atoms with Gasteiger partial charge in [-0.2, -0.15) is 0 Å². The molecule has 0 spiro atoms. The molecule has 0 aromatic heterocycles. The molecule has 3 atom stereocenters. The molecule has 4 aromatic rings. The van der Waals surface area contributed by atoms with Crippen LogP contribution in [0.2, 0.25) is 0 Å². The highest BCUT2D eigenvalue weighted by Crippen LogP contribution is 2.49. The predicted octanol–water partition coefficient (Wildman–Crippen LogP) is 5.84. The molecule has 1 fully saturated rings. The molecule has 166 valence electrons. The number of carbonyl (C=O) groups is 2. The van der Waals surface area contributed by atoms with Crippen LogP contribution >= 0.6 is 0 Å². The number of fused-ring (bicyclic) bond motifs is 2. The summed E-state index contributed by atoms with van der Waals surface area (Å²) in [6.45, 7) is 0.332. The van der Waals surface area contributed by atoms with E-state index in [4.69, 9.17) is 0 Å². The number of carbonyl (C=O) groups excluding carboxylic acids is 2. The fourth-order valence-electron chi connectivity index (χ4n) is 5.68. The summed E-state index contributed by atoms with van der Waals surface area (Å²) in [4.78, 5) is 28.8. The Morgan fingerprint density at radius 2 is 1.32 bits per heavy atom. The van der Waals surface area contributed by atoms with Crippen LogP contribution in [-0.2, 0) is 22.6 Å². The Bertz CT molecular complexity index is 1350. The van der Waals surface area contributed by atoms with Crippen LogP contribution in [0.3, 0.4) is 0 Å². The van der Waals surface area contributed by atoms with E-state index in [1.807, 2.05) is 66.7 Å². The van der Waals surface area contributed by atoms with E-state index in [2.05, 4.69) is 42.5 Å². The summed E-state index contributed by atoms with van der Waals surface area (Å²) in [7, 11) is 0. The zero-order valence-electron chi connectivity index (χ0n) is 18.8.